The molecule has 0 aromatic heterocycles. The van der Waals surface area contributed by atoms with Crippen molar-refractivity contribution in [1.29, 1.82) is 0 Å². The topological polar surface area (TPSA) is 74.7 Å². The number of carbonyl (C=O) groups is 1. The standard InChI is InChI=1S/C13H15Br2NO4S/c1-7-3-11(15)12(4-10(7)14)21(19,20)16-5-8(2)9(6-16)13(17)18/h3-4,8-9H,5-6H2,1-2H3,(H,17,18). The average Bonchev–Trinajstić information content (AvgIpc) is 2.76. The fourth-order valence-corrected chi connectivity index (χ4v) is 5.61. The molecule has 2 unspecified atom stereocenters. The normalized spacial score (nSPS) is 23.4. The van der Waals surface area contributed by atoms with Crippen LogP contribution in [-0.2, 0) is 14.8 Å². The third kappa shape index (κ3) is 3.18. The molecular weight excluding hydrogens is 426 g/mol. The number of carboxylic acid groups (broad SMARTS) is 1. The first-order valence-corrected chi connectivity index (χ1v) is 9.35. The van der Waals surface area contributed by atoms with Crippen molar-refractivity contribution < 1.29 is 18.3 Å². The Morgan fingerprint density at radius 2 is 1.90 bits per heavy atom. The molecule has 1 heterocycles. The zero-order chi connectivity index (χ0) is 15.9. The van der Waals surface area contributed by atoms with E-state index in [9.17, 15) is 13.2 Å². The highest BCUT2D eigenvalue weighted by Crippen LogP contribution is 2.34. The molecule has 0 spiro atoms. The highest BCUT2D eigenvalue weighted by atomic mass is 79.9. The van der Waals surface area contributed by atoms with Crippen LogP contribution in [0.25, 0.3) is 0 Å². The van der Waals surface area contributed by atoms with Gasteiger partial charge in [-0.15, -0.1) is 0 Å². The third-order valence-corrected chi connectivity index (χ3v) is 7.37. The quantitative estimate of drug-likeness (QED) is 0.784. The van der Waals surface area contributed by atoms with Crippen molar-refractivity contribution in [2.45, 2.75) is 18.7 Å². The summed E-state index contributed by atoms with van der Waals surface area (Å²) in [7, 11) is -3.71. The molecule has 0 saturated carbocycles. The Morgan fingerprint density at radius 1 is 1.29 bits per heavy atom. The maximum atomic E-state index is 12.7. The van der Waals surface area contributed by atoms with E-state index in [1.807, 2.05) is 6.92 Å². The molecule has 1 aliphatic rings. The van der Waals surface area contributed by atoms with E-state index >= 15 is 0 Å². The minimum absolute atomic E-state index is 0.0107. The molecule has 8 heteroatoms. The van der Waals surface area contributed by atoms with Gasteiger partial charge in [0.1, 0.15) is 0 Å². The van der Waals surface area contributed by atoms with Gasteiger partial charge in [-0.05, 0) is 46.5 Å². The maximum Gasteiger partial charge on any atom is 0.308 e. The number of carboxylic acids is 1. The lowest BCUT2D eigenvalue weighted by molar-refractivity contribution is -0.142. The molecule has 1 N–H and O–H groups in total. The fourth-order valence-electron chi connectivity index (χ4n) is 2.40. The van der Waals surface area contributed by atoms with Crippen LogP contribution in [0.5, 0.6) is 0 Å². The molecule has 1 saturated heterocycles. The number of sulfonamides is 1. The minimum atomic E-state index is -3.71. The molecule has 0 aliphatic carbocycles. The summed E-state index contributed by atoms with van der Waals surface area (Å²) in [5, 5.41) is 9.13. The number of rotatable bonds is 3. The van der Waals surface area contributed by atoms with Crippen molar-refractivity contribution in [3.63, 3.8) is 0 Å². The molecule has 2 rings (SSSR count). The number of halogens is 2. The molecule has 116 valence electrons. The zero-order valence-electron chi connectivity index (χ0n) is 11.5. The van der Waals surface area contributed by atoms with Crippen LogP contribution in [0, 0.1) is 18.8 Å². The number of nitrogens with zero attached hydrogens (tertiary/aromatic N) is 1. The Labute approximate surface area is 140 Å². The first-order valence-electron chi connectivity index (χ1n) is 6.33. The van der Waals surface area contributed by atoms with Gasteiger partial charge in [0, 0.05) is 22.0 Å². The Hall–Kier alpha value is -0.440. The van der Waals surface area contributed by atoms with Crippen LogP contribution in [0.4, 0.5) is 0 Å². The largest absolute Gasteiger partial charge is 0.481 e. The van der Waals surface area contributed by atoms with E-state index in [0.717, 1.165) is 5.56 Å². The number of benzene rings is 1. The Kier molecular flexibility index (Phi) is 4.82. The van der Waals surface area contributed by atoms with E-state index in [1.54, 1.807) is 19.1 Å². The van der Waals surface area contributed by atoms with Crippen LogP contribution >= 0.6 is 31.9 Å². The van der Waals surface area contributed by atoms with Crippen molar-refractivity contribution in [3.8, 4) is 0 Å². The van der Waals surface area contributed by atoms with E-state index in [2.05, 4.69) is 31.9 Å². The van der Waals surface area contributed by atoms with Gasteiger partial charge in [-0.25, -0.2) is 8.42 Å². The first-order chi connectivity index (χ1) is 9.64. The Bertz CT molecular complexity index is 690. The summed E-state index contributed by atoms with van der Waals surface area (Å²) in [5.41, 5.74) is 0.916. The number of hydrogen-bond donors (Lipinski definition) is 1. The van der Waals surface area contributed by atoms with Gasteiger partial charge in [-0.1, -0.05) is 22.9 Å². The number of aliphatic carboxylic acids is 1. The lowest BCUT2D eigenvalue weighted by atomic mass is 9.99. The second-order valence-corrected chi connectivity index (χ2v) is 8.89. The molecular formula is C13H15Br2NO4S. The summed E-state index contributed by atoms with van der Waals surface area (Å²) < 4.78 is 27.9. The predicted octanol–water partition coefficient (Wildman–Crippen LogP) is 2.86. The molecule has 0 radical (unpaired) electrons. The molecule has 0 amide bonds. The van der Waals surface area contributed by atoms with Crippen molar-refractivity contribution in [1.82, 2.24) is 4.31 Å². The van der Waals surface area contributed by atoms with Gasteiger partial charge in [0.25, 0.3) is 0 Å². The van der Waals surface area contributed by atoms with Crippen molar-refractivity contribution >= 4 is 47.9 Å². The Balaban J connectivity index is 2.40. The predicted molar refractivity (Wildman–Crippen MR) is 85.6 cm³/mol. The van der Waals surface area contributed by atoms with Gasteiger partial charge in [0.15, 0.2) is 0 Å². The molecule has 1 fully saturated rings. The summed E-state index contributed by atoms with van der Waals surface area (Å²) in [6, 6.07) is 3.28. The van der Waals surface area contributed by atoms with Gasteiger partial charge < -0.3 is 5.11 Å². The van der Waals surface area contributed by atoms with Gasteiger partial charge in [0.2, 0.25) is 10.0 Å². The summed E-state index contributed by atoms with van der Waals surface area (Å²) in [6.45, 7) is 3.85. The summed E-state index contributed by atoms with van der Waals surface area (Å²) in [6.07, 6.45) is 0. The second-order valence-electron chi connectivity index (χ2n) is 5.28. The molecule has 5 nitrogen and oxygen atoms in total. The van der Waals surface area contributed by atoms with Crippen LogP contribution in [-0.4, -0.2) is 36.9 Å². The van der Waals surface area contributed by atoms with Crippen LogP contribution in [0.2, 0.25) is 0 Å². The molecule has 2 atom stereocenters. The molecule has 21 heavy (non-hydrogen) atoms. The molecule has 1 aromatic carbocycles. The van der Waals surface area contributed by atoms with Crippen LogP contribution < -0.4 is 0 Å². The van der Waals surface area contributed by atoms with Crippen LogP contribution in [0.3, 0.4) is 0 Å². The summed E-state index contributed by atoms with van der Waals surface area (Å²) in [5.74, 6) is -1.82. The van der Waals surface area contributed by atoms with Crippen LogP contribution in [0.15, 0.2) is 26.0 Å². The minimum Gasteiger partial charge on any atom is -0.481 e. The first kappa shape index (κ1) is 16.9. The van der Waals surface area contributed by atoms with Gasteiger partial charge >= 0.3 is 5.97 Å². The monoisotopic (exact) mass is 439 g/mol. The van der Waals surface area contributed by atoms with E-state index in [-0.39, 0.29) is 23.9 Å². The van der Waals surface area contributed by atoms with Gasteiger partial charge in [0.05, 0.1) is 10.8 Å². The van der Waals surface area contributed by atoms with Gasteiger partial charge in [-0.2, -0.15) is 4.31 Å². The smallest absolute Gasteiger partial charge is 0.308 e. The Morgan fingerprint density at radius 3 is 2.43 bits per heavy atom. The van der Waals surface area contributed by atoms with E-state index < -0.39 is 21.9 Å². The van der Waals surface area contributed by atoms with E-state index in [4.69, 9.17) is 5.11 Å². The summed E-state index contributed by atoms with van der Waals surface area (Å²) in [4.78, 5) is 11.3. The van der Waals surface area contributed by atoms with Gasteiger partial charge in [-0.3, -0.25) is 4.79 Å². The molecule has 1 aliphatic heterocycles. The SMILES string of the molecule is Cc1cc(Br)c(S(=O)(=O)N2CC(C)C(C(=O)O)C2)cc1Br. The highest BCUT2D eigenvalue weighted by Gasteiger charge is 2.41. The third-order valence-electron chi connectivity index (χ3n) is 3.73. The second kappa shape index (κ2) is 5.98. The number of hydrogen-bond acceptors (Lipinski definition) is 3. The van der Waals surface area contributed by atoms with E-state index in [0.29, 0.717) is 8.95 Å². The maximum absolute atomic E-state index is 12.7. The van der Waals surface area contributed by atoms with Crippen molar-refractivity contribution in [3.05, 3.63) is 26.6 Å². The molecule has 0 bridgehead atoms. The summed E-state index contributed by atoms with van der Waals surface area (Å²) >= 11 is 6.61. The molecule has 1 aromatic rings. The number of aryl methyl sites for hydroxylation is 1. The lowest BCUT2D eigenvalue weighted by Crippen LogP contribution is -2.30. The van der Waals surface area contributed by atoms with Crippen molar-refractivity contribution in [2.75, 3.05) is 13.1 Å². The van der Waals surface area contributed by atoms with Crippen molar-refractivity contribution in [2.24, 2.45) is 11.8 Å². The lowest BCUT2D eigenvalue weighted by Gasteiger charge is -2.18. The average molecular weight is 441 g/mol. The zero-order valence-corrected chi connectivity index (χ0v) is 15.5. The van der Waals surface area contributed by atoms with Crippen LogP contribution in [0.1, 0.15) is 12.5 Å². The fraction of sp³-hybridized carbons (Fsp3) is 0.462. The van der Waals surface area contributed by atoms with E-state index in [1.165, 1.54) is 4.31 Å². The highest BCUT2D eigenvalue weighted by molar-refractivity contribution is 9.11.